The Hall–Kier alpha value is -2.93. The van der Waals surface area contributed by atoms with Crippen LogP contribution in [0, 0.1) is 0 Å². The van der Waals surface area contributed by atoms with Crippen molar-refractivity contribution in [3.63, 3.8) is 0 Å². The van der Waals surface area contributed by atoms with Crippen LogP contribution < -0.4 is 11.5 Å². The molecule has 0 saturated carbocycles. The normalized spacial score (nSPS) is 12.0. The average Bonchev–Trinajstić information content (AvgIpc) is 2.47. The maximum atomic E-state index is 11.5. The van der Waals surface area contributed by atoms with Gasteiger partial charge < -0.3 is 16.6 Å². The zero-order valence-electron chi connectivity index (χ0n) is 11.3. The van der Waals surface area contributed by atoms with Crippen molar-refractivity contribution in [2.75, 3.05) is 5.73 Å². The summed E-state index contributed by atoms with van der Waals surface area (Å²) < 4.78 is 0. The van der Waals surface area contributed by atoms with Gasteiger partial charge >= 0.3 is 0 Å². The van der Waals surface area contributed by atoms with Gasteiger partial charge in [0.05, 0.1) is 28.5 Å². The highest BCUT2D eigenvalue weighted by molar-refractivity contribution is 6.32. The molecule has 22 heavy (non-hydrogen) atoms. The van der Waals surface area contributed by atoms with E-state index in [2.05, 4.69) is 21.5 Å². The van der Waals surface area contributed by atoms with Crippen molar-refractivity contribution in [2.24, 2.45) is 10.7 Å². The molecule has 0 radical (unpaired) electrons. The number of aliphatic hydroxyl groups is 1. The van der Waals surface area contributed by atoms with E-state index in [1.807, 2.05) is 0 Å². The van der Waals surface area contributed by atoms with Crippen molar-refractivity contribution in [1.82, 2.24) is 9.97 Å². The minimum Gasteiger partial charge on any atom is -0.507 e. The molecule has 5 N–H and O–H groups in total. The van der Waals surface area contributed by atoms with E-state index >= 15 is 0 Å². The van der Waals surface area contributed by atoms with Crippen LogP contribution in [0.5, 0.6) is 0 Å². The maximum Gasteiger partial charge on any atom is 0.250 e. The Kier molecular flexibility index (Phi) is 4.38. The molecule has 2 aromatic rings. The van der Waals surface area contributed by atoms with Gasteiger partial charge in [0.2, 0.25) is 0 Å². The van der Waals surface area contributed by atoms with Gasteiger partial charge in [-0.1, -0.05) is 18.2 Å². The Labute approximate surface area is 130 Å². The molecule has 1 heterocycles. The summed E-state index contributed by atoms with van der Waals surface area (Å²) in [4.78, 5) is 23.5. The molecule has 2 rings (SSSR count). The molecule has 0 spiro atoms. The first-order valence-electron chi connectivity index (χ1n) is 6.02. The van der Waals surface area contributed by atoms with Gasteiger partial charge in [-0.05, 0) is 12.1 Å². The monoisotopic (exact) mass is 317 g/mol. The Morgan fingerprint density at radius 1 is 1.41 bits per heavy atom. The van der Waals surface area contributed by atoms with Crippen LogP contribution in [0.3, 0.4) is 0 Å². The molecule has 0 unspecified atom stereocenters. The second-order valence-corrected chi connectivity index (χ2v) is 4.64. The SMILES string of the molecule is C=C(O)/C=N\C(Cl)=C\c1c(N)c(C(N)=O)cc2nccnc12. The van der Waals surface area contributed by atoms with E-state index in [1.54, 1.807) is 0 Å². The van der Waals surface area contributed by atoms with Gasteiger partial charge in [0.15, 0.2) is 0 Å². The molecule has 0 bridgehead atoms. The summed E-state index contributed by atoms with van der Waals surface area (Å²) in [5, 5.41) is 8.98. The number of amides is 1. The number of nitrogens with two attached hydrogens (primary N) is 2. The van der Waals surface area contributed by atoms with Crippen LogP contribution >= 0.6 is 11.6 Å². The Balaban J connectivity index is 2.70. The number of nitrogens with zero attached hydrogens (tertiary/aromatic N) is 3. The van der Waals surface area contributed by atoms with Crippen LogP contribution in [0.2, 0.25) is 0 Å². The molecule has 1 amide bonds. The van der Waals surface area contributed by atoms with E-state index in [4.69, 9.17) is 28.2 Å². The number of hydrogen-bond donors (Lipinski definition) is 3. The average molecular weight is 318 g/mol. The number of primary amides is 1. The molecule has 0 atom stereocenters. The van der Waals surface area contributed by atoms with Crippen molar-refractivity contribution < 1.29 is 9.90 Å². The summed E-state index contributed by atoms with van der Waals surface area (Å²) in [5.41, 5.74) is 12.8. The number of hydrogen-bond acceptors (Lipinski definition) is 6. The van der Waals surface area contributed by atoms with E-state index in [0.717, 1.165) is 6.21 Å². The number of carbonyl (C=O) groups excluding carboxylic acids is 1. The molecule has 0 aliphatic heterocycles. The molecular weight excluding hydrogens is 306 g/mol. The summed E-state index contributed by atoms with van der Waals surface area (Å²) >= 11 is 5.95. The van der Waals surface area contributed by atoms with Crippen LogP contribution in [-0.2, 0) is 0 Å². The molecule has 1 aromatic carbocycles. The minimum atomic E-state index is -0.692. The summed E-state index contributed by atoms with van der Waals surface area (Å²) in [6.45, 7) is 3.25. The standard InChI is InChI=1S/C14H12ClN5O2/c1-7(21)6-20-11(15)5-8-12(16)9(14(17)22)4-10-13(8)19-3-2-18-10/h2-6,21H,1,16H2,(H2,17,22)/b11-5+,20-6-. The number of benzene rings is 1. The lowest BCUT2D eigenvalue weighted by atomic mass is 10.0. The molecule has 112 valence electrons. The first-order valence-corrected chi connectivity index (χ1v) is 6.40. The number of rotatable bonds is 4. The molecule has 0 fully saturated rings. The second-order valence-electron chi connectivity index (χ2n) is 4.26. The number of aliphatic imine (C=N–C) groups is 1. The first-order chi connectivity index (χ1) is 10.4. The highest BCUT2D eigenvalue weighted by Crippen LogP contribution is 2.28. The summed E-state index contributed by atoms with van der Waals surface area (Å²) in [6, 6.07) is 1.46. The number of nitrogen functional groups attached to an aromatic ring is 1. The maximum absolute atomic E-state index is 11.5. The van der Waals surface area contributed by atoms with E-state index in [0.29, 0.717) is 16.6 Å². The molecule has 7 nitrogen and oxygen atoms in total. The van der Waals surface area contributed by atoms with Gasteiger partial charge in [-0.3, -0.25) is 14.8 Å². The van der Waals surface area contributed by atoms with E-state index in [9.17, 15) is 4.79 Å². The van der Waals surface area contributed by atoms with E-state index in [-0.39, 0.29) is 22.2 Å². The highest BCUT2D eigenvalue weighted by atomic mass is 35.5. The lowest BCUT2D eigenvalue weighted by Gasteiger charge is -2.09. The predicted molar refractivity (Wildman–Crippen MR) is 86.6 cm³/mol. The zero-order valence-corrected chi connectivity index (χ0v) is 12.1. The molecule has 0 aliphatic carbocycles. The van der Waals surface area contributed by atoms with E-state index < -0.39 is 5.91 Å². The number of anilines is 1. The Bertz CT molecular complexity index is 829. The van der Waals surface area contributed by atoms with Gasteiger partial charge in [-0.15, -0.1) is 0 Å². The number of halogens is 1. The zero-order chi connectivity index (χ0) is 16.3. The van der Waals surface area contributed by atoms with Crippen LogP contribution in [-0.4, -0.2) is 27.2 Å². The second kappa shape index (κ2) is 6.23. The van der Waals surface area contributed by atoms with Crippen LogP contribution in [0.1, 0.15) is 15.9 Å². The molecule has 8 heteroatoms. The van der Waals surface area contributed by atoms with Crippen LogP contribution in [0.25, 0.3) is 17.1 Å². The molecule has 1 aromatic heterocycles. The third-order valence-electron chi connectivity index (χ3n) is 2.71. The van der Waals surface area contributed by atoms with Gasteiger partial charge in [-0.25, -0.2) is 4.99 Å². The third kappa shape index (κ3) is 3.21. The third-order valence-corrected chi connectivity index (χ3v) is 2.92. The van der Waals surface area contributed by atoms with Gasteiger partial charge in [0.1, 0.15) is 10.9 Å². The van der Waals surface area contributed by atoms with Gasteiger partial charge in [0.25, 0.3) is 5.91 Å². The smallest absolute Gasteiger partial charge is 0.250 e. The fraction of sp³-hybridized carbons (Fsp3) is 0. The highest BCUT2D eigenvalue weighted by Gasteiger charge is 2.15. The fourth-order valence-corrected chi connectivity index (χ4v) is 1.95. The van der Waals surface area contributed by atoms with Crippen molar-refractivity contribution in [1.29, 1.82) is 0 Å². The van der Waals surface area contributed by atoms with E-state index in [1.165, 1.54) is 24.5 Å². The summed E-state index contributed by atoms with van der Waals surface area (Å²) in [5.74, 6) is -0.946. The lowest BCUT2D eigenvalue weighted by molar-refractivity contribution is 0.100. The Morgan fingerprint density at radius 2 is 2.09 bits per heavy atom. The number of allylic oxidation sites excluding steroid dienone is 1. The van der Waals surface area contributed by atoms with Crippen molar-refractivity contribution >= 4 is 46.5 Å². The number of fused-ring (bicyclic) bond motifs is 1. The fourth-order valence-electron chi connectivity index (χ4n) is 1.79. The largest absolute Gasteiger partial charge is 0.507 e. The number of aromatic nitrogens is 2. The van der Waals surface area contributed by atoms with Crippen LogP contribution in [0.15, 0.2) is 40.9 Å². The van der Waals surface area contributed by atoms with Gasteiger partial charge in [0, 0.05) is 18.0 Å². The quantitative estimate of drug-likeness (QED) is 0.344. The summed E-state index contributed by atoms with van der Waals surface area (Å²) in [6.07, 6.45) is 5.43. The Morgan fingerprint density at radius 3 is 2.73 bits per heavy atom. The molecule has 0 saturated heterocycles. The minimum absolute atomic E-state index is 0.00970. The number of aliphatic hydroxyl groups excluding tert-OH is 1. The van der Waals surface area contributed by atoms with Crippen molar-refractivity contribution in [3.05, 3.63) is 47.1 Å². The predicted octanol–water partition coefficient (Wildman–Crippen LogP) is 1.99. The molecule has 0 aliphatic rings. The van der Waals surface area contributed by atoms with Crippen LogP contribution in [0.4, 0.5) is 5.69 Å². The van der Waals surface area contributed by atoms with Crippen molar-refractivity contribution in [3.8, 4) is 0 Å². The number of carbonyl (C=O) groups is 1. The van der Waals surface area contributed by atoms with Gasteiger partial charge in [-0.2, -0.15) is 0 Å². The lowest BCUT2D eigenvalue weighted by Crippen LogP contribution is -2.14. The topological polar surface area (TPSA) is 127 Å². The first kappa shape index (κ1) is 15.5. The summed E-state index contributed by atoms with van der Waals surface area (Å²) in [7, 11) is 0. The molecular formula is C14H12ClN5O2. The van der Waals surface area contributed by atoms with Crippen molar-refractivity contribution in [2.45, 2.75) is 0 Å².